The van der Waals surface area contributed by atoms with Gasteiger partial charge in [0.05, 0.1) is 10.9 Å². The molecule has 0 bridgehead atoms. The molecule has 0 saturated carbocycles. The number of hydrogen-bond acceptors (Lipinski definition) is 4. The van der Waals surface area contributed by atoms with Crippen LogP contribution in [0.3, 0.4) is 0 Å². The number of piperazine rings is 1. The van der Waals surface area contributed by atoms with Crippen molar-refractivity contribution in [2.75, 3.05) is 40.8 Å². The van der Waals surface area contributed by atoms with E-state index < -0.39 is 10.0 Å². The Balaban J connectivity index is 1.84. The number of rotatable bonds is 4. The number of nitrogens with zero attached hydrogens (tertiary/aromatic N) is 3. The van der Waals surface area contributed by atoms with Crippen molar-refractivity contribution in [3.8, 4) is 0 Å². The molecule has 1 aliphatic rings. The summed E-state index contributed by atoms with van der Waals surface area (Å²) in [5.41, 5.74) is 1.57. The molecule has 0 spiro atoms. The standard InChI is InChI=1S/C20H25N3O3S/c1-21(2)27(25,26)18-11-7-10-17(14-18)20(24)23-13-12-22(3)19(15-23)16-8-5-4-6-9-16/h4-11,14,19H,12-13,15H2,1-3H3. The van der Waals surface area contributed by atoms with Gasteiger partial charge in [-0.25, -0.2) is 12.7 Å². The summed E-state index contributed by atoms with van der Waals surface area (Å²) < 4.78 is 25.9. The molecular weight excluding hydrogens is 362 g/mol. The summed E-state index contributed by atoms with van der Waals surface area (Å²) in [4.78, 5) is 17.2. The van der Waals surface area contributed by atoms with Gasteiger partial charge in [0.15, 0.2) is 0 Å². The van der Waals surface area contributed by atoms with Gasteiger partial charge in [0, 0.05) is 39.3 Å². The minimum absolute atomic E-state index is 0.123. The van der Waals surface area contributed by atoms with Crippen LogP contribution in [0.25, 0.3) is 0 Å². The second-order valence-electron chi connectivity index (χ2n) is 6.97. The van der Waals surface area contributed by atoms with Crippen LogP contribution in [-0.4, -0.2) is 69.2 Å². The van der Waals surface area contributed by atoms with E-state index in [4.69, 9.17) is 0 Å². The van der Waals surface area contributed by atoms with Crippen LogP contribution in [0.4, 0.5) is 0 Å². The van der Waals surface area contributed by atoms with Crippen LogP contribution in [0.1, 0.15) is 22.0 Å². The van der Waals surface area contributed by atoms with Crippen LogP contribution in [0.2, 0.25) is 0 Å². The van der Waals surface area contributed by atoms with Crippen LogP contribution < -0.4 is 0 Å². The van der Waals surface area contributed by atoms with Crippen molar-refractivity contribution in [2.24, 2.45) is 0 Å². The van der Waals surface area contributed by atoms with E-state index in [0.717, 1.165) is 10.8 Å². The predicted octanol–water partition coefficient (Wildman–Crippen LogP) is 2.07. The molecular formula is C20H25N3O3S. The van der Waals surface area contributed by atoms with Gasteiger partial charge in [-0.2, -0.15) is 0 Å². The number of amides is 1. The minimum atomic E-state index is -3.57. The first kappa shape index (κ1) is 19.5. The fourth-order valence-corrected chi connectivity index (χ4v) is 4.22. The predicted molar refractivity (Wildman–Crippen MR) is 105 cm³/mol. The summed E-state index contributed by atoms with van der Waals surface area (Å²) in [5, 5.41) is 0. The lowest BCUT2D eigenvalue weighted by Crippen LogP contribution is -2.49. The SMILES string of the molecule is CN1CCN(C(=O)c2cccc(S(=O)(=O)N(C)C)c2)CC1c1ccccc1. The maximum absolute atomic E-state index is 13.0. The monoisotopic (exact) mass is 387 g/mol. The van der Waals surface area contributed by atoms with Gasteiger partial charge in [-0.1, -0.05) is 36.4 Å². The van der Waals surface area contributed by atoms with Gasteiger partial charge >= 0.3 is 0 Å². The molecule has 0 N–H and O–H groups in total. The maximum Gasteiger partial charge on any atom is 0.254 e. The number of hydrogen-bond donors (Lipinski definition) is 0. The van der Waals surface area contributed by atoms with Crippen molar-refractivity contribution < 1.29 is 13.2 Å². The van der Waals surface area contributed by atoms with Gasteiger partial charge < -0.3 is 4.90 Å². The number of sulfonamides is 1. The first-order valence-corrected chi connectivity index (χ1v) is 10.3. The van der Waals surface area contributed by atoms with Crippen LogP contribution in [-0.2, 0) is 10.0 Å². The van der Waals surface area contributed by atoms with E-state index in [-0.39, 0.29) is 16.8 Å². The Morgan fingerprint density at radius 3 is 2.41 bits per heavy atom. The van der Waals surface area contributed by atoms with Crippen LogP contribution in [0.15, 0.2) is 59.5 Å². The van der Waals surface area contributed by atoms with Crippen molar-refractivity contribution in [1.82, 2.24) is 14.1 Å². The molecule has 1 aliphatic heterocycles. The van der Waals surface area contributed by atoms with Crippen molar-refractivity contribution >= 4 is 15.9 Å². The van der Waals surface area contributed by atoms with Crippen molar-refractivity contribution in [3.05, 3.63) is 65.7 Å². The number of benzene rings is 2. The van der Waals surface area contributed by atoms with Crippen molar-refractivity contribution in [1.29, 1.82) is 0 Å². The zero-order valence-corrected chi connectivity index (χ0v) is 16.7. The third-order valence-electron chi connectivity index (χ3n) is 4.98. The second kappa shape index (κ2) is 7.80. The highest BCUT2D eigenvalue weighted by Crippen LogP contribution is 2.25. The second-order valence-corrected chi connectivity index (χ2v) is 9.13. The summed E-state index contributed by atoms with van der Waals surface area (Å²) in [7, 11) is 1.45. The Labute approximate surface area is 161 Å². The molecule has 6 nitrogen and oxygen atoms in total. The first-order valence-electron chi connectivity index (χ1n) is 8.88. The summed E-state index contributed by atoms with van der Waals surface area (Å²) in [6.07, 6.45) is 0. The van der Waals surface area contributed by atoms with E-state index in [9.17, 15) is 13.2 Å². The van der Waals surface area contributed by atoms with E-state index in [2.05, 4.69) is 24.1 Å². The van der Waals surface area contributed by atoms with Gasteiger partial charge in [-0.3, -0.25) is 9.69 Å². The maximum atomic E-state index is 13.0. The lowest BCUT2D eigenvalue weighted by molar-refractivity contribution is 0.0546. The number of carbonyl (C=O) groups is 1. The van der Waals surface area contributed by atoms with E-state index >= 15 is 0 Å². The summed E-state index contributed by atoms with van der Waals surface area (Å²) >= 11 is 0. The number of carbonyl (C=O) groups excluding carboxylic acids is 1. The smallest absolute Gasteiger partial charge is 0.254 e. The van der Waals surface area contributed by atoms with Crippen LogP contribution >= 0.6 is 0 Å². The van der Waals surface area contributed by atoms with Gasteiger partial charge in [0.25, 0.3) is 5.91 Å². The lowest BCUT2D eigenvalue weighted by Gasteiger charge is -2.39. The zero-order valence-electron chi connectivity index (χ0n) is 15.9. The molecule has 1 saturated heterocycles. The number of likely N-dealkylation sites (N-methyl/N-ethyl adjacent to an activating group) is 1. The molecule has 1 fully saturated rings. The highest BCUT2D eigenvalue weighted by Gasteiger charge is 2.29. The zero-order chi connectivity index (χ0) is 19.6. The molecule has 2 aromatic rings. The van der Waals surface area contributed by atoms with Crippen molar-refractivity contribution in [3.63, 3.8) is 0 Å². The average molecular weight is 388 g/mol. The molecule has 7 heteroatoms. The van der Waals surface area contributed by atoms with E-state index in [1.807, 2.05) is 18.2 Å². The Kier molecular flexibility index (Phi) is 5.64. The van der Waals surface area contributed by atoms with Gasteiger partial charge in [0.2, 0.25) is 10.0 Å². The Morgan fingerprint density at radius 1 is 1.04 bits per heavy atom. The molecule has 2 aromatic carbocycles. The minimum Gasteiger partial charge on any atom is -0.335 e. The summed E-state index contributed by atoms with van der Waals surface area (Å²) in [5.74, 6) is -0.139. The molecule has 1 amide bonds. The molecule has 1 unspecified atom stereocenters. The quantitative estimate of drug-likeness (QED) is 0.806. The van der Waals surface area contributed by atoms with Gasteiger partial charge in [-0.15, -0.1) is 0 Å². The third-order valence-corrected chi connectivity index (χ3v) is 6.79. The highest BCUT2D eigenvalue weighted by atomic mass is 32.2. The molecule has 0 aromatic heterocycles. The molecule has 0 aliphatic carbocycles. The molecule has 144 valence electrons. The molecule has 3 rings (SSSR count). The van der Waals surface area contributed by atoms with Gasteiger partial charge in [0.1, 0.15) is 0 Å². The summed E-state index contributed by atoms with van der Waals surface area (Å²) in [6.45, 7) is 1.95. The molecule has 0 radical (unpaired) electrons. The highest BCUT2D eigenvalue weighted by molar-refractivity contribution is 7.89. The van der Waals surface area contributed by atoms with E-state index in [1.165, 1.54) is 31.8 Å². The van der Waals surface area contributed by atoms with E-state index in [0.29, 0.717) is 18.7 Å². The first-order chi connectivity index (χ1) is 12.8. The normalized spacial score (nSPS) is 18.7. The van der Waals surface area contributed by atoms with Crippen LogP contribution in [0, 0.1) is 0 Å². The Morgan fingerprint density at radius 2 is 1.74 bits per heavy atom. The van der Waals surface area contributed by atoms with E-state index in [1.54, 1.807) is 17.0 Å². The Hall–Kier alpha value is -2.22. The molecule has 1 heterocycles. The van der Waals surface area contributed by atoms with Crippen molar-refractivity contribution in [2.45, 2.75) is 10.9 Å². The average Bonchev–Trinajstić information content (AvgIpc) is 2.68. The third kappa shape index (κ3) is 4.05. The van der Waals surface area contributed by atoms with Gasteiger partial charge in [-0.05, 0) is 30.8 Å². The topological polar surface area (TPSA) is 60.9 Å². The lowest BCUT2D eigenvalue weighted by atomic mass is 10.0. The molecule has 1 atom stereocenters. The fraction of sp³-hybridized carbons (Fsp3) is 0.350. The Bertz CT molecular complexity index is 913. The fourth-order valence-electron chi connectivity index (χ4n) is 3.28. The largest absolute Gasteiger partial charge is 0.335 e. The molecule has 27 heavy (non-hydrogen) atoms. The van der Waals surface area contributed by atoms with Crippen LogP contribution in [0.5, 0.6) is 0 Å². The summed E-state index contributed by atoms with van der Waals surface area (Å²) in [6, 6.07) is 16.5.